The maximum absolute atomic E-state index is 5.59. The normalized spacial score (nSPS) is 21.2. The number of hydrogen-bond acceptors (Lipinski definition) is 4. The highest BCUT2D eigenvalue weighted by molar-refractivity contribution is 5.83. The molecule has 1 N–H and O–H groups in total. The van der Waals surface area contributed by atoms with Crippen molar-refractivity contribution < 1.29 is 9.47 Å². The van der Waals surface area contributed by atoms with E-state index in [9.17, 15) is 0 Å². The van der Waals surface area contributed by atoms with Crippen LogP contribution in [0.5, 0.6) is 11.5 Å². The van der Waals surface area contributed by atoms with Gasteiger partial charge in [-0.25, -0.2) is 0 Å². The van der Waals surface area contributed by atoms with Crippen LogP contribution in [0, 0.1) is 5.92 Å². The van der Waals surface area contributed by atoms with E-state index in [1.807, 2.05) is 0 Å². The number of H-pyrrole nitrogens is 1. The number of fused-ring (bicyclic) bond motifs is 3. The molecule has 32 heavy (non-hydrogen) atoms. The lowest BCUT2D eigenvalue weighted by Gasteiger charge is -2.24. The van der Waals surface area contributed by atoms with Crippen LogP contribution in [0.2, 0.25) is 0 Å². The van der Waals surface area contributed by atoms with E-state index in [-0.39, 0.29) is 0 Å². The highest BCUT2D eigenvalue weighted by Gasteiger charge is 2.26. The number of nitrogens with zero attached hydrogens (tertiary/aromatic N) is 2. The van der Waals surface area contributed by atoms with Crippen LogP contribution in [0.15, 0.2) is 42.6 Å². The first-order valence-corrected chi connectivity index (χ1v) is 12.2. The van der Waals surface area contributed by atoms with Gasteiger partial charge in [-0.1, -0.05) is 18.2 Å². The average Bonchev–Trinajstić information content (AvgIpc) is 3.52. The molecule has 168 valence electrons. The van der Waals surface area contributed by atoms with E-state index in [0.717, 1.165) is 49.8 Å². The highest BCUT2D eigenvalue weighted by atomic mass is 16.7. The summed E-state index contributed by atoms with van der Waals surface area (Å²) in [7, 11) is 0. The van der Waals surface area contributed by atoms with Gasteiger partial charge in [0.2, 0.25) is 6.79 Å². The zero-order valence-electron chi connectivity index (χ0n) is 18.8. The third-order valence-corrected chi connectivity index (χ3v) is 7.57. The maximum atomic E-state index is 5.59. The molecule has 1 fully saturated rings. The lowest BCUT2D eigenvalue weighted by Crippen LogP contribution is -2.33. The molecule has 3 aromatic rings. The smallest absolute Gasteiger partial charge is 0.231 e. The Bertz CT molecular complexity index is 1060. The average molecular weight is 432 g/mol. The maximum Gasteiger partial charge on any atom is 0.231 e. The van der Waals surface area contributed by atoms with E-state index in [2.05, 4.69) is 57.4 Å². The molecule has 6 rings (SSSR count). The molecule has 5 heteroatoms. The third kappa shape index (κ3) is 4.12. The van der Waals surface area contributed by atoms with Crippen molar-refractivity contribution in [1.82, 2.24) is 14.8 Å². The van der Waals surface area contributed by atoms with Crippen molar-refractivity contribution in [2.24, 2.45) is 5.92 Å². The van der Waals surface area contributed by atoms with Crippen LogP contribution in [-0.2, 0) is 19.3 Å². The molecular formula is C27H33N3O2. The van der Waals surface area contributed by atoms with Crippen molar-refractivity contribution in [3.63, 3.8) is 0 Å². The van der Waals surface area contributed by atoms with Gasteiger partial charge in [-0.2, -0.15) is 0 Å². The molecule has 3 aliphatic heterocycles. The Kier molecular flexibility index (Phi) is 5.53. The Morgan fingerprint density at radius 3 is 2.53 bits per heavy atom. The second-order valence-corrected chi connectivity index (χ2v) is 9.69. The summed E-state index contributed by atoms with van der Waals surface area (Å²) in [5, 5.41) is 1.39. The molecule has 5 nitrogen and oxygen atoms in total. The molecule has 4 heterocycles. The number of ether oxygens (including phenoxy) is 2. The van der Waals surface area contributed by atoms with Crippen molar-refractivity contribution in [2.75, 3.05) is 46.1 Å². The molecule has 1 atom stereocenters. The van der Waals surface area contributed by atoms with Crippen molar-refractivity contribution in [1.29, 1.82) is 0 Å². The van der Waals surface area contributed by atoms with Gasteiger partial charge in [0.25, 0.3) is 0 Å². The molecule has 0 bridgehead atoms. The van der Waals surface area contributed by atoms with E-state index < -0.39 is 0 Å². The van der Waals surface area contributed by atoms with E-state index in [0.29, 0.717) is 6.79 Å². The van der Waals surface area contributed by atoms with Gasteiger partial charge in [0.15, 0.2) is 11.5 Å². The van der Waals surface area contributed by atoms with Crippen LogP contribution in [-0.4, -0.2) is 60.8 Å². The second kappa shape index (κ2) is 8.80. The van der Waals surface area contributed by atoms with E-state index in [1.54, 1.807) is 0 Å². The minimum absolute atomic E-state index is 0.365. The Balaban J connectivity index is 0.974. The van der Waals surface area contributed by atoms with Gasteiger partial charge in [-0.05, 0) is 86.0 Å². The predicted octanol–water partition coefficient (Wildman–Crippen LogP) is 4.25. The molecule has 0 aliphatic carbocycles. The zero-order chi connectivity index (χ0) is 21.3. The van der Waals surface area contributed by atoms with Gasteiger partial charge in [-0.15, -0.1) is 0 Å². The van der Waals surface area contributed by atoms with Crippen LogP contribution in [0.3, 0.4) is 0 Å². The van der Waals surface area contributed by atoms with Gasteiger partial charge in [0, 0.05) is 43.3 Å². The number of rotatable bonds is 6. The molecule has 1 aromatic heterocycles. The highest BCUT2D eigenvalue weighted by Crippen LogP contribution is 2.36. The number of aryl methyl sites for hydroxylation is 1. The fraction of sp³-hybridized carbons (Fsp3) is 0.481. The first-order valence-electron chi connectivity index (χ1n) is 12.2. The topological polar surface area (TPSA) is 40.7 Å². The van der Waals surface area contributed by atoms with Gasteiger partial charge in [-0.3, -0.25) is 0 Å². The van der Waals surface area contributed by atoms with Crippen LogP contribution >= 0.6 is 0 Å². The van der Waals surface area contributed by atoms with Gasteiger partial charge >= 0.3 is 0 Å². The number of likely N-dealkylation sites (tertiary alicyclic amines) is 1. The number of hydrogen-bond donors (Lipinski definition) is 1. The van der Waals surface area contributed by atoms with Crippen molar-refractivity contribution in [3.8, 4) is 11.5 Å². The van der Waals surface area contributed by atoms with E-state index in [4.69, 9.17) is 9.47 Å². The predicted molar refractivity (Wildman–Crippen MR) is 128 cm³/mol. The summed E-state index contributed by atoms with van der Waals surface area (Å²) >= 11 is 0. The number of aromatic amines is 1. The lowest BCUT2D eigenvalue weighted by molar-refractivity contribution is 0.174. The Hall–Kier alpha value is -2.50. The minimum Gasteiger partial charge on any atom is -0.454 e. The summed E-state index contributed by atoms with van der Waals surface area (Å²) in [6, 6.07) is 13.1. The number of benzene rings is 2. The zero-order valence-corrected chi connectivity index (χ0v) is 18.8. The van der Waals surface area contributed by atoms with Gasteiger partial charge < -0.3 is 24.3 Å². The number of aromatic nitrogens is 1. The first kappa shape index (κ1) is 20.1. The standard InChI is InChI=1S/C27H33N3O2/c1-2-6-25-24(5-1)23(16-28-25)4-3-10-29-11-7-20(17-29)18-30-12-8-21-14-26-27(32-19-31-26)15-22(21)9-13-30/h1-2,5-6,14-16,20,28H,3-4,7-13,17-19H2. The summed E-state index contributed by atoms with van der Waals surface area (Å²) in [4.78, 5) is 8.78. The molecule has 1 saturated heterocycles. The summed E-state index contributed by atoms with van der Waals surface area (Å²) < 4.78 is 11.2. The molecule has 3 aliphatic rings. The lowest BCUT2D eigenvalue weighted by atomic mass is 10.0. The summed E-state index contributed by atoms with van der Waals surface area (Å²) in [6.07, 6.45) is 8.17. The van der Waals surface area contributed by atoms with Crippen molar-refractivity contribution in [2.45, 2.75) is 32.1 Å². The fourth-order valence-corrected chi connectivity index (χ4v) is 5.80. The quantitative estimate of drug-likeness (QED) is 0.633. The summed E-state index contributed by atoms with van der Waals surface area (Å²) in [6.45, 7) is 7.64. The number of nitrogens with one attached hydrogen (secondary N) is 1. The molecule has 0 amide bonds. The van der Waals surface area contributed by atoms with E-state index >= 15 is 0 Å². The van der Waals surface area contributed by atoms with Crippen LogP contribution < -0.4 is 9.47 Å². The Labute approximate surface area is 190 Å². The Morgan fingerprint density at radius 1 is 0.938 bits per heavy atom. The van der Waals surface area contributed by atoms with E-state index in [1.165, 1.54) is 66.6 Å². The monoisotopic (exact) mass is 431 g/mol. The van der Waals surface area contributed by atoms with Crippen LogP contribution in [0.1, 0.15) is 29.5 Å². The SMILES string of the molecule is c1ccc2c(CCCN3CCC(CN4CCc5cc6c(cc5CC4)OCO6)C3)c[nH]c2c1. The van der Waals surface area contributed by atoms with Gasteiger partial charge in [0.05, 0.1) is 0 Å². The van der Waals surface area contributed by atoms with Gasteiger partial charge in [0.1, 0.15) is 0 Å². The summed E-state index contributed by atoms with van der Waals surface area (Å²) in [5.74, 6) is 2.66. The second-order valence-electron chi connectivity index (χ2n) is 9.69. The minimum atomic E-state index is 0.365. The molecule has 2 aromatic carbocycles. The van der Waals surface area contributed by atoms with Crippen LogP contribution in [0.4, 0.5) is 0 Å². The Morgan fingerprint density at radius 2 is 1.72 bits per heavy atom. The molecule has 0 radical (unpaired) electrons. The largest absolute Gasteiger partial charge is 0.454 e. The third-order valence-electron chi connectivity index (χ3n) is 7.57. The number of para-hydroxylation sites is 1. The molecule has 0 spiro atoms. The molecule has 1 unspecified atom stereocenters. The molecular weight excluding hydrogens is 398 g/mol. The fourth-order valence-electron chi connectivity index (χ4n) is 5.80. The molecule has 0 saturated carbocycles. The van der Waals surface area contributed by atoms with Crippen LogP contribution in [0.25, 0.3) is 10.9 Å². The summed E-state index contributed by atoms with van der Waals surface area (Å²) in [5.41, 5.74) is 5.61. The first-order chi connectivity index (χ1) is 15.8. The van der Waals surface area contributed by atoms with Crippen molar-refractivity contribution in [3.05, 3.63) is 59.3 Å². The van der Waals surface area contributed by atoms with Crippen molar-refractivity contribution >= 4 is 10.9 Å².